The number of amides is 1. The molecular weight excluding hydrogens is 262 g/mol. The van der Waals surface area contributed by atoms with Gasteiger partial charge in [-0.25, -0.2) is 4.98 Å². The molecule has 0 saturated heterocycles. The highest BCUT2D eigenvalue weighted by Gasteiger charge is 2.11. The lowest BCUT2D eigenvalue weighted by Gasteiger charge is -2.07. The van der Waals surface area contributed by atoms with Gasteiger partial charge in [-0.2, -0.15) is 0 Å². The molecule has 0 aromatic carbocycles. The van der Waals surface area contributed by atoms with Crippen LogP contribution in [0.4, 0.5) is 10.9 Å². The summed E-state index contributed by atoms with van der Waals surface area (Å²) < 4.78 is 0. The zero-order valence-corrected chi connectivity index (χ0v) is 11.8. The van der Waals surface area contributed by atoms with Gasteiger partial charge in [0.2, 0.25) is 5.13 Å². The maximum absolute atomic E-state index is 12.1. The van der Waals surface area contributed by atoms with Crippen LogP contribution < -0.4 is 10.6 Å². The summed E-state index contributed by atoms with van der Waals surface area (Å²) in [5, 5.41) is 14.9. The monoisotopic (exact) mass is 277 g/mol. The molecule has 0 aliphatic rings. The molecule has 2 heterocycles. The number of anilines is 2. The van der Waals surface area contributed by atoms with Gasteiger partial charge in [0, 0.05) is 17.8 Å². The fourth-order valence-electron chi connectivity index (χ4n) is 1.59. The van der Waals surface area contributed by atoms with Crippen LogP contribution in [0.1, 0.15) is 28.0 Å². The predicted molar refractivity (Wildman–Crippen MR) is 75.7 cm³/mol. The van der Waals surface area contributed by atoms with Crippen molar-refractivity contribution < 1.29 is 4.79 Å². The minimum absolute atomic E-state index is 0.208. The average molecular weight is 277 g/mol. The van der Waals surface area contributed by atoms with Gasteiger partial charge < -0.3 is 5.32 Å². The number of hydrogen-bond acceptors (Lipinski definition) is 6. The van der Waals surface area contributed by atoms with E-state index in [9.17, 15) is 4.79 Å². The molecule has 0 spiro atoms. The molecule has 2 aromatic heterocycles. The Morgan fingerprint density at radius 1 is 1.32 bits per heavy atom. The van der Waals surface area contributed by atoms with Crippen LogP contribution in [-0.4, -0.2) is 27.6 Å². The van der Waals surface area contributed by atoms with E-state index in [4.69, 9.17) is 0 Å². The number of nitrogens with one attached hydrogen (secondary N) is 2. The maximum Gasteiger partial charge on any atom is 0.257 e. The third-order valence-electron chi connectivity index (χ3n) is 2.32. The van der Waals surface area contributed by atoms with Gasteiger partial charge in [-0.3, -0.25) is 10.1 Å². The van der Waals surface area contributed by atoms with Crippen molar-refractivity contribution in [1.82, 2.24) is 15.2 Å². The molecule has 0 bridgehead atoms. The number of nitrogens with zero attached hydrogens (tertiary/aromatic N) is 3. The normalized spacial score (nSPS) is 10.3. The number of carbonyl (C=O) groups excluding carboxylic acids is 1. The van der Waals surface area contributed by atoms with E-state index in [0.717, 1.165) is 17.2 Å². The van der Waals surface area contributed by atoms with Gasteiger partial charge in [-0.05, 0) is 32.9 Å². The highest BCUT2D eigenvalue weighted by molar-refractivity contribution is 7.15. The highest BCUT2D eigenvalue weighted by Crippen LogP contribution is 2.16. The van der Waals surface area contributed by atoms with Gasteiger partial charge in [0.15, 0.2) is 0 Å². The van der Waals surface area contributed by atoms with E-state index < -0.39 is 0 Å². The summed E-state index contributed by atoms with van der Waals surface area (Å²) in [7, 11) is 0. The van der Waals surface area contributed by atoms with Gasteiger partial charge in [0.1, 0.15) is 10.8 Å². The average Bonchev–Trinajstić information content (AvgIpc) is 2.74. The Morgan fingerprint density at radius 3 is 2.74 bits per heavy atom. The lowest BCUT2D eigenvalue weighted by Crippen LogP contribution is -2.13. The summed E-state index contributed by atoms with van der Waals surface area (Å²) in [5.74, 6) is 0.488. The van der Waals surface area contributed by atoms with E-state index in [1.54, 1.807) is 12.1 Å². The zero-order valence-electron chi connectivity index (χ0n) is 11.0. The molecule has 0 fully saturated rings. The Balaban J connectivity index is 2.18. The first kappa shape index (κ1) is 13.4. The molecule has 2 rings (SSSR count). The van der Waals surface area contributed by atoms with E-state index in [-0.39, 0.29) is 5.91 Å². The molecular formula is C12H15N5OS. The lowest BCUT2D eigenvalue weighted by molar-refractivity contribution is 0.102. The number of carbonyl (C=O) groups is 1. The van der Waals surface area contributed by atoms with Crippen LogP contribution in [0.25, 0.3) is 0 Å². The summed E-state index contributed by atoms with van der Waals surface area (Å²) in [5.41, 5.74) is 1.34. The fourth-order valence-corrected chi connectivity index (χ4v) is 2.17. The molecule has 0 unspecified atom stereocenters. The van der Waals surface area contributed by atoms with E-state index in [2.05, 4.69) is 25.8 Å². The molecule has 1 amide bonds. The van der Waals surface area contributed by atoms with Gasteiger partial charge in [0.05, 0.1) is 0 Å². The molecule has 100 valence electrons. The van der Waals surface area contributed by atoms with Crippen LogP contribution in [0.5, 0.6) is 0 Å². The standard InChI is InChI=1S/C12H15N5OS/c1-4-13-10-6-9(5-7(2)14-10)11(18)15-12-17-16-8(3)19-12/h5-6H,4H2,1-3H3,(H,13,14)(H,15,17,18). The SMILES string of the molecule is CCNc1cc(C(=O)Nc2nnc(C)s2)cc(C)n1. The molecule has 19 heavy (non-hydrogen) atoms. The van der Waals surface area contributed by atoms with E-state index in [1.165, 1.54) is 11.3 Å². The van der Waals surface area contributed by atoms with Gasteiger partial charge >= 0.3 is 0 Å². The summed E-state index contributed by atoms with van der Waals surface area (Å²) in [6.45, 7) is 6.43. The van der Waals surface area contributed by atoms with Crippen molar-refractivity contribution in [2.75, 3.05) is 17.2 Å². The molecule has 0 radical (unpaired) electrons. The topological polar surface area (TPSA) is 79.8 Å². The Morgan fingerprint density at radius 2 is 2.11 bits per heavy atom. The minimum Gasteiger partial charge on any atom is -0.370 e. The van der Waals surface area contributed by atoms with Gasteiger partial charge in [-0.15, -0.1) is 10.2 Å². The van der Waals surface area contributed by atoms with Crippen LogP contribution in [0.3, 0.4) is 0 Å². The quantitative estimate of drug-likeness (QED) is 0.896. The van der Waals surface area contributed by atoms with Crippen LogP contribution >= 0.6 is 11.3 Å². The first-order valence-corrected chi connectivity index (χ1v) is 6.74. The third kappa shape index (κ3) is 3.47. The largest absolute Gasteiger partial charge is 0.370 e. The van der Waals surface area contributed by atoms with Crippen LogP contribution in [-0.2, 0) is 0 Å². The lowest BCUT2D eigenvalue weighted by atomic mass is 10.2. The van der Waals surface area contributed by atoms with Crippen molar-refractivity contribution in [3.05, 3.63) is 28.4 Å². The van der Waals surface area contributed by atoms with E-state index in [1.807, 2.05) is 20.8 Å². The van der Waals surface area contributed by atoms with Crippen molar-refractivity contribution in [2.45, 2.75) is 20.8 Å². The van der Waals surface area contributed by atoms with Gasteiger partial charge in [-0.1, -0.05) is 11.3 Å². The Kier molecular flexibility index (Phi) is 4.06. The summed E-state index contributed by atoms with van der Waals surface area (Å²) in [6.07, 6.45) is 0. The third-order valence-corrected chi connectivity index (χ3v) is 3.07. The summed E-state index contributed by atoms with van der Waals surface area (Å²) >= 11 is 1.34. The maximum atomic E-state index is 12.1. The smallest absolute Gasteiger partial charge is 0.257 e. The molecule has 6 nitrogen and oxygen atoms in total. The first-order valence-electron chi connectivity index (χ1n) is 5.92. The van der Waals surface area contributed by atoms with Crippen molar-refractivity contribution >= 4 is 28.2 Å². The number of hydrogen-bond donors (Lipinski definition) is 2. The van der Waals surface area contributed by atoms with Crippen molar-refractivity contribution in [1.29, 1.82) is 0 Å². The van der Waals surface area contributed by atoms with Crippen molar-refractivity contribution in [3.8, 4) is 0 Å². The van der Waals surface area contributed by atoms with E-state index >= 15 is 0 Å². The molecule has 0 saturated carbocycles. The second-order valence-electron chi connectivity index (χ2n) is 3.99. The number of aryl methyl sites for hydroxylation is 2. The molecule has 2 aromatic rings. The van der Waals surface area contributed by atoms with Crippen LogP contribution in [0.15, 0.2) is 12.1 Å². The summed E-state index contributed by atoms with van der Waals surface area (Å²) in [6, 6.07) is 3.46. The second-order valence-corrected chi connectivity index (χ2v) is 5.17. The fraction of sp³-hybridized carbons (Fsp3) is 0.333. The van der Waals surface area contributed by atoms with Crippen LogP contribution in [0, 0.1) is 13.8 Å². The highest BCUT2D eigenvalue weighted by atomic mass is 32.1. The van der Waals surface area contributed by atoms with Gasteiger partial charge in [0.25, 0.3) is 5.91 Å². The molecule has 0 aliphatic heterocycles. The van der Waals surface area contributed by atoms with Crippen molar-refractivity contribution in [3.63, 3.8) is 0 Å². The summed E-state index contributed by atoms with van der Waals surface area (Å²) in [4.78, 5) is 16.4. The molecule has 7 heteroatoms. The zero-order chi connectivity index (χ0) is 13.8. The second kappa shape index (κ2) is 5.75. The Bertz CT molecular complexity index is 596. The molecule has 0 atom stereocenters. The van der Waals surface area contributed by atoms with E-state index in [0.29, 0.717) is 16.5 Å². The Hall–Kier alpha value is -2.02. The van der Waals surface area contributed by atoms with Crippen molar-refractivity contribution in [2.24, 2.45) is 0 Å². The van der Waals surface area contributed by atoms with Crippen LogP contribution in [0.2, 0.25) is 0 Å². The molecule has 2 N–H and O–H groups in total. The number of rotatable bonds is 4. The first-order chi connectivity index (χ1) is 9.08. The number of pyridine rings is 1. The minimum atomic E-state index is -0.208. The molecule has 0 aliphatic carbocycles. The predicted octanol–water partition coefficient (Wildman–Crippen LogP) is 2.23. The Labute approximate surface area is 115 Å². The number of aromatic nitrogens is 3.